The Labute approximate surface area is 167 Å². The van der Waals surface area contributed by atoms with Gasteiger partial charge in [0.15, 0.2) is 5.96 Å². The van der Waals surface area contributed by atoms with E-state index in [4.69, 9.17) is 4.74 Å². The zero-order chi connectivity index (χ0) is 19.8. The summed E-state index contributed by atoms with van der Waals surface area (Å²) in [6.07, 6.45) is 3.59. The van der Waals surface area contributed by atoms with E-state index in [2.05, 4.69) is 25.6 Å². The van der Waals surface area contributed by atoms with Crippen molar-refractivity contribution < 1.29 is 9.13 Å². The molecule has 28 heavy (non-hydrogen) atoms. The number of hydrogen-bond donors (Lipinski definition) is 2. The van der Waals surface area contributed by atoms with E-state index in [0.29, 0.717) is 24.7 Å². The van der Waals surface area contributed by atoms with Crippen molar-refractivity contribution in [1.29, 1.82) is 0 Å². The van der Waals surface area contributed by atoms with E-state index in [1.54, 1.807) is 35.7 Å². The molecule has 6 nitrogen and oxygen atoms in total. The van der Waals surface area contributed by atoms with Crippen molar-refractivity contribution in [3.63, 3.8) is 0 Å². The third-order valence-corrected chi connectivity index (χ3v) is 4.59. The Bertz CT molecular complexity index is 909. The zero-order valence-electron chi connectivity index (χ0n) is 15.8. The highest BCUT2D eigenvalue weighted by atomic mass is 32.1. The lowest BCUT2D eigenvalue weighted by molar-refractivity contribution is 0.461. The van der Waals surface area contributed by atoms with Gasteiger partial charge in [-0.15, -0.1) is 11.3 Å². The normalized spacial score (nSPS) is 11.3. The standard InChI is InChI=1S/C20H22FN5OS/c1-3-22-20(26-13-19-24-10-14(2)28-19)25-12-15-4-9-18(23-11-15)27-17-7-5-16(21)6-8-17/h4-11H,3,12-13H2,1-2H3,(H2,22,25,26). The quantitative estimate of drug-likeness (QED) is 0.464. The molecule has 0 aliphatic carbocycles. The number of rotatable bonds is 7. The van der Waals surface area contributed by atoms with E-state index in [9.17, 15) is 4.39 Å². The van der Waals surface area contributed by atoms with E-state index in [-0.39, 0.29) is 5.82 Å². The summed E-state index contributed by atoms with van der Waals surface area (Å²) in [6.45, 7) is 5.94. The van der Waals surface area contributed by atoms with Crippen molar-refractivity contribution in [2.75, 3.05) is 6.54 Å². The van der Waals surface area contributed by atoms with Crippen molar-refractivity contribution in [2.24, 2.45) is 4.99 Å². The zero-order valence-corrected chi connectivity index (χ0v) is 16.6. The molecule has 2 heterocycles. The van der Waals surface area contributed by atoms with Crippen LogP contribution < -0.4 is 15.4 Å². The summed E-state index contributed by atoms with van der Waals surface area (Å²) in [5, 5.41) is 7.52. The largest absolute Gasteiger partial charge is 0.439 e. The lowest BCUT2D eigenvalue weighted by Gasteiger charge is -2.10. The topological polar surface area (TPSA) is 71.4 Å². The van der Waals surface area contributed by atoms with Crippen molar-refractivity contribution >= 4 is 17.3 Å². The number of pyridine rings is 1. The van der Waals surface area contributed by atoms with Gasteiger partial charge in [-0.25, -0.2) is 19.4 Å². The summed E-state index contributed by atoms with van der Waals surface area (Å²) in [6, 6.07) is 9.50. The lowest BCUT2D eigenvalue weighted by atomic mass is 10.3. The van der Waals surface area contributed by atoms with Crippen molar-refractivity contribution in [2.45, 2.75) is 26.9 Å². The molecule has 0 saturated carbocycles. The average molecular weight is 399 g/mol. The minimum atomic E-state index is -0.302. The second-order valence-corrected chi connectivity index (χ2v) is 7.29. The summed E-state index contributed by atoms with van der Waals surface area (Å²) < 4.78 is 18.5. The van der Waals surface area contributed by atoms with Crippen molar-refractivity contribution in [3.05, 3.63) is 70.1 Å². The van der Waals surface area contributed by atoms with Crippen LogP contribution in [-0.4, -0.2) is 22.5 Å². The third-order valence-electron chi connectivity index (χ3n) is 3.67. The molecule has 0 aliphatic heterocycles. The molecule has 3 aromatic rings. The smallest absolute Gasteiger partial charge is 0.219 e. The van der Waals surface area contributed by atoms with E-state index in [1.165, 1.54) is 17.0 Å². The molecule has 2 N–H and O–H groups in total. The minimum Gasteiger partial charge on any atom is -0.439 e. The number of nitrogens with zero attached hydrogens (tertiary/aromatic N) is 3. The molecule has 0 saturated heterocycles. The molecule has 0 aliphatic rings. The molecule has 0 fully saturated rings. The number of guanidine groups is 1. The number of halogens is 1. The molecule has 0 unspecified atom stereocenters. The van der Waals surface area contributed by atoms with E-state index in [0.717, 1.165) is 23.1 Å². The van der Waals surface area contributed by atoms with Crippen LogP contribution in [0.4, 0.5) is 4.39 Å². The van der Waals surface area contributed by atoms with Gasteiger partial charge in [0, 0.05) is 29.9 Å². The second-order valence-electron chi connectivity index (χ2n) is 5.97. The Morgan fingerprint density at radius 1 is 1.11 bits per heavy atom. The van der Waals surface area contributed by atoms with Gasteiger partial charge in [0.2, 0.25) is 5.88 Å². The molecule has 2 aromatic heterocycles. The van der Waals surface area contributed by atoms with Gasteiger partial charge >= 0.3 is 0 Å². The van der Waals surface area contributed by atoms with Crippen LogP contribution in [0.3, 0.4) is 0 Å². The molecule has 0 bridgehead atoms. The molecule has 1 aromatic carbocycles. The minimum absolute atomic E-state index is 0.302. The van der Waals surface area contributed by atoms with E-state index >= 15 is 0 Å². The summed E-state index contributed by atoms with van der Waals surface area (Å²) in [5.74, 6) is 1.41. The maximum Gasteiger partial charge on any atom is 0.219 e. The number of hydrogen-bond acceptors (Lipinski definition) is 5. The van der Waals surface area contributed by atoms with Gasteiger partial charge in [0.05, 0.1) is 13.1 Å². The van der Waals surface area contributed by atoms with Crippen molar-refractivity contribution in [3.8, 4) is 11.6 Å². The first kappa shape index (κ1) is 19.8. The molecule has 8 heteroatoms. The average Bonchev–Trinajstić information content (AvgIpc) is 3.12. The predicted molar refractivity (Wildman–Crippen MR) is 109 cm³/mol. The van der Waals surface area contributed by atoms with Crippen molar-refractivity contribution in [1.82, 2.24) is 20.6 Å². The molecule has 0 amide bonds. The van der Waals surface area contributed by atoms with Crippen LogP contribution in [0.25, 0.3) is 0 Å². The van der Waals surface area contributed by atoms with Crippen LogP contribution in [0.5, 0.6) is 11.6 Å². The van der Waals surface area contributed by atoms with Gasteiger partial charge < -0.3 is 15.4 Å². The highest BCUT2D eigenvalue weighted by Crippen LogP contribution is 2.19. The molecule has 0 spiro atoms. The van der Waals surface area contributed by atoms with Crippen LogP contribution in [0.1, 0.15) is 22.4 Å². The Morgan fingerprint density at radius 2 is 1.93 bits per heavy atom. The van der Waals surface area contributed by atoms with Crippen LogP contribution in [0.15, 0.2) is 53.8 Å². The first-order valence-electron chi connectivity index (χ1n) is 8.94. The number of aliphatic imine (C=N–C) groups is 1. The Hall–Kier alpha value is -3.00. The van der Waals surface area contributed by atoms with Gasteiger partial charge in [0.25, 0.3) is 0 Å². The van der Waals surface area contributed by atoms with E-state index in [1.807, 2.05) is 26.1 Å². The van der Waals surface area contributed by atoms with Crippen LogP contribution in [0, 0.1) is 12.7 Å². The number of aromatic nitrogens is 2. The lowest BCUT2D eigenvalue weighted by Crippen LogP contribution is -2.36. The molecule has 0 radical (unpaired) electrons. The van der Waals surface area contributed by atoms with Gasteiger partial charge in [-0.05, 0) is 43.7 Å². The van der Waals surface area contributed by atoms with Crippen LogP contribution in [-0.2, 0) is 13.1 Å². The van der Waals surface area contributed by atoms with Gasteiger partial charge in [0.1, 0.15) is 16.6 Å². The highest BCUT2D eigenvalue weighted by Gasteiger charge is 2.03. The van der Waals surface area contributed by atoms with Crippen LogP contribution >= 0.6 is 11.3 Å². The second kappa shape index (κ2) is 9.80. The van der Waals surface area contributed by atoms with Gasteiger partial charge in [-0.3, -0.25) is 0 Å². The first-order chi connectivity index (χ1) is 13.6. The number of benzene rings is 1. The Kier molecular flexibility index (Phi) is 6.91. The summed E-state index contributed by atoms with van der Waals surface area (Å²) in [4.78, 5) is 14.4. The highest BCUT2D eigenvalue weighted by molar-refractivity contribution is 7.11. The molecule has 3 rings (SSSR count). The maximum absolute atomic E-state index is 12.9. The maximum atomic E-state index is 12.9. The third kappa shape index (κ3) is 6.02. The summed E-state index contributed by atoms with van der Waals surface area (Å²) >= 11 is 1.66. The first-order valence-corrected chi connectivity index (χ1v) is 9.76. The monoisotopic (exact) mass is 399 g/mol. The fourth-order valence-corrected chi connectivity index (χ4v) is 3.07. The molecular formula is C20H22FN5OS. The number of nitrogens with one attached hydrogen (secondary N) is 2. The Balaban J connectivity index is 1.56. The SMILES string of the molecule is CCNC(=NCc1ccc(Oc2ccc(F)cc2)nc1)NCc1ncc(C)s1. The van der Waals surface area contributed by atoms with Crippen LogP contribution in [0.2, 0.25) is 0 Å². The fourth-order valence-electron chi connectivity index (χ4n) is 2.34. The molecule has 146 valence electrons. The number of ether oxygens (including phenoxy) is 1. The molecule has 0 atom stereocenters. The number of thiazole rings is 1. The fraction of sp³-hybridized carbons (Fsp3) is 0.250. The Morgan fingerprint density at radius 3 is 2.57 bits per heavy atom. The van der Waals surface area contributed by atoms with Gasteiger partial charge in [-0.2, -0.15) is 0 Å². The number of aryl methyl sites for hydroxylation is 1. The van der Waals surface area contributed by atoms with E-state index < -0.39 is 0 Å². The predicted octanol–water partition coefficient (Wildman–Crippen LogP) is 4.03. The summed E-state index contributed by atoms with van der Waals surface area (Å²) in [5.41, 5.74) is 0.953. The summed E-state index contributed by atoms with van der Waals surface area (Å²) in [7, 11) is 0. The molecular weight excluding hydrogens is 377 g/mol. The van der Waals surface area contributed by atoms with Gasteiger partial charge in [-0.1, -0.05) is 6.07 Å².